The highest BCUT2D eigenvalue weighted by Crippen LogP contribution is 2.41. The summed E-state index contributed by atoms with van der Waals surface area (Å²) in [5.74, 6) is -0.301. The van der Waals surface area contributed by atoms with E-state index in [1.54, 1.807) is 12.1 Å². The number of benzene rings is 1. The van der Waals surface area contributed by atoms with Crippen molar-refractivity contribution in [2.24, 2.45) is 29.1 Å². The molecule has 4 rings (SSSR count). The number of hydrogen-bond acceptors (Lipinski definition) is 10. The van der Waals surface area contributed by atoms with E-state index in [0.29, 0.717) is 48.9 Å². The van der Waals surface area contributed by atoms with Crippen molar-refractivity contribution in [3.63, 3.8) is 0 Å². The molecule has 3 saturated heterocycles. The molecule has 0 aromatic heterocycles. The van der Waals surface area contributed by atoms with Crippen LogP contribution in [0.5, 0.6) is 0 Å². The Labute approximate surface area is 332 Å². The Morgan fingerprint density at radius 1 is 0.982 bits per heavy atom. The highest BCUT2D eigenvalue weighted by Gasteiger charge is 2.45. The number of ether oxygens (including phenoxy) is 4. The van der Waals surface area contributed by atoms with Crippen LogP contribution in [-0.2, 0) is 49.5 Å². The van der Waals surface area contributed by atoms with Crippen molar-refractivity contribution < 1.29 is 45.1 Å². The normalized spacial score (nSPS) is 28.6. The summed E-state index contributed by atoms with van der Waals surface area (Å²) in [5.41, 5.74) is 2.61. The van der Waals surface area contributed by atoms with Crippen molar-refractivity contribution in [3.8, 4) is 0 Å². The first kappa shape index (κ1) is 46.1. The van der Waals surface area contributed by atoms with Gasteiger partial charge < -0.3 is 24.1 Å². The van der Waals surface area contributed by atoms with E-state index >= 15 is 0 Å². The molecular formula is C43H70O10S2. The van der Waals surface area contributed by atoms with E-state index in [9.17, 15) is 21.9 Å². The molecule has 1 N–H and O–H groups in total. The second-order valence-electron chi connectivity index (χ2n) is 17.6. The van der Waals surface area contributed by atoms with E-state index in [1.807, 2.05) is 26.0 Å². The van der Waals surface area contributed by atoms with Gasteiger partial charge in [-0.25, -0.2) is 8.42 Å². The topological polar surface area (TPSA) is 135 Å². The summed E-state index contributed by atoms with van der Waals surface area (Å²) >= 11 is 0. The summed E-state index contributed by atoms with van der Waals surface area (Å²) in [6.45, 7) is 24.4. The Hall–Kier alpha value is -1.64. The van der Waals surface area contributed by atoms with E-state index in [0.717, 1.165) is 55.9 Å². The van der Waals surface area contributed by atoms with Gasteiger partial charge in [-0.2, -0.15) is 8.42 Å². The molecule has 3 heterocycles. The van der Waals surface area contributed by atoms with E-state index in [4.69, 9.17) is 23.1 Å². The molecule has 0 bridgehead atoms. The third-order valence-corrected chi connectivity index (χ3v) is 14.5. The van der Waals surface area contributed by atoms with Crippen molar-refractivity contribution in [1.82, 2.24) is 0 Å². The fourth-order valence-corrected chi connectivity index (χ4v) is 10.6. The summed E-state index contributed by atoms with van der Waals surface area (Å²) in [5, 5.41) is 11.6. The van der Waals surface area contributed by atoms with Crippen molar-refractivity contribution >= 4 is 20.0 Å². The molecule has 0 amide bonds. The van der Waals surface area contributed by atoms with Crippen LogP contribution >= 0.6 is 0 Å². The van der Waals surface area contributed by atoms with E-state index in [2.05, 4.69) is 47.8 Å². The van der Waals surface area contributed by atoms with Crippen molar-refractivity contribution in [2.45, 2.75) is 160 Å². The van der Waals surface area contributed by atoms with Gasteiger partial charge in [0.15, 0.2) is 16.1 Å². The number of sulfone groups is 1. The fourth-order valence-electron chi connectivity index (χ4n) is 8.16. The SMILES string of the molecule is C=C([C@H](C)C[C@@H](CC[C@@H]1O[C@@H](CCC2OCC(C)(C)CO2)CC1=C)OS(C)(=O)=O)[C@H](O)C[C@@H]1O[C@H](C[C@H](C)CC)[C@H](C)[C@H]1CS(=O)(=O)c1ccc(CC)cc1. The third kappa shape index (κ3) is 13.7. The predicted octanol–water partition coefficient (Wildman–Crippen LogP) is 7.83. The molecule has 0 aliphatic carbocycles. The minimum Gasteiger partial charge on any atom is -0.389 e. The molecular weight excluding hydrogens is 741 g/mol. The second kappa shape index (κ2) is 19.9. The van der Waals surface area contributed by atoms with Crippen LogP contribution in [0, 0.1) is 29.1 Å². The van der Waals surface area contributed by atoms with Gasteiger partial charge in [-0.1, -0.05) is 80.2 Å². The monoisotopic (exact) mass is 810 g/mol. The van der Waals surface area contributed by atoms with E-state index in [-0.39, 0.29) is 59.9 Å². The quantitative estimate of drug-likeness (QED) is 0.0968. The lowest BCUT2D eigenvalue weighted by Crippen LogP contribution is -2.38. The number of aliphatic hydroxyl groups is 1. The third-order valence-electron chi connectivity index (χ3n) is 12.1. The van der Waals surface area contributed by atoms with E-state index < -0.39 is 38.3 Å². The predicted molar refractivity (Wildman–Crippen MR) is 217 cm³/mol. The Bertz CT molecular complexity index is 1610. The van der Waals surface area contributed by atoms with Gasteiger partial charge >= 0.3 is 0 Å². The number of aliphatic hydroxyl groups excluding tert-OH is 1. The second-order valence-corrected chi connectivity index (χ2v) is 21.3. The first-order chi connectivity index (χ1) is 25.7. The molecule has 55 heavy (non-hydrogen) atoms. The fraction of sp³-hybridized carbons (Fsp3) is 0.767. The summed E-state index contributed by atoms with van der Waals surface area (Å²) in [7, 11) is -7.39. The van der Waals surface area contributed by atoms with Crippen LogP contribution in [0.25, 0.3) is 0 Å². The Balaban J connectivity index is 1.36. The molecule has 3 aliphatic rings. The van der Waals surface area contributed by atoms with Crippen LogP contribution < -0.4 is 0 Å². The molecule has 314 valence electrons. The Morgan fingerprint density at radius 3 is 2.24 bits per heavy atom. The lowest BCUT2D eigenvalue weighted by Gasteiger charge is -2.34. The lowest BCUT2D eigenvalue weighted by molar-refractivity contribution is -0.225. The first-order valence-corrected chi connectivity index (χ1v) is 24.0. The molecule has 0 saturated carbocycles. The zero-order chi connectivity index (χ0) is 40.7. The average molecular weight is 811 g/mol. The first-order valence-electron chi connectivity index (χ1n) is 20.5. The minimum atomic E-state index is -3.77. The molecule has 0 radical (unpaired) electrons. The molecule has 1 aromatic rings. The molecule has 3 fully saturated rings. The average Bonchev–Trinajstić information content (AvgIpc) is 3.61. The zero-order valence-electron chi connectivity index (χ0n) is 34.7. The van der Waals surface area contributed by atoms with Gasteiger partial charge in [-0.3, -0.25) is 4.18 Å². The van der Waals surface area contributed by atoms with Crippen molar-refractivity contribution in [1.29, 1.82) is 0 Å². The minimum absolute atomic E-state index is 0.00603. The van der Waals surface area contributed by atoms with Gasteiger partial charge in [-0.15, -0.1) is 0 Å². The summed E-state index contributed by atoms with van der Waals surface area (Å²) in [6.07, 6.45) is 4.69. The highest BCUT2D eigenvalue weighted by molar-refractivity contribution is 7.91. The maximum absolute atomic E-state index is 13.7. The van der Waals surface area contributed by atoms with Crippen molar-refractivity contribution in [2.75, 3.05) is 25.2 Å². The largest absolute Gasteiger partial charge is 0.389 e. The summed E-state index contributed by atoms with van der Waals surface area (Å²) in [6, 6.07) is 7.09. The van der Waals surface area contributed by atoms with Crippen LogP contribution in [0.3, 0.4) is 0 Å². The molecule has 10 atom stereocenters. The van der Waals surface area contributed by atoms with Gasteiger partial charge in [0.1, 0.15) is 0 Å². The Kier molecular flexibility index (Phi) is 16.6. The van der Waals surface area contributed by atoms with Crippen molar-refractivity contribution in [3.05, 3.63) is 54.1 Å². The highest BCUT2D eigenvalue weighted by atomic mass is 32.2. The number of aryl methyl sites for hydroxylation is 1. The van der Waals surface area contributed by atoms with Crippen LogP contribution in [0.4, 0.5) is 0 Å². The molecule has 10 nitrogen and oxygen atoms in total. The zero-order valence-corrected chi connectivity index (χ0v) is 36.3. The molecule has 3 aliphatic heterocycles. The maximum Gasteiger partial charge on any atom is 0.264 e. The van der Waals surface area contributed by atoms with Gasteiger partial charge in [0.05, 0.1) is 66.7 Å². The summed E-state index contributed by atoms with van der Waals surface area (Å²) in [4.78, 5) is 0.298. The number of rotatable bonds is 21. The molecule has 0 unspecified atom stereocenters. The van der Waals surface area contributed by atoms with Crippen LogP contribution in [0.1, 0.15) is 112 Å². The summed E-state index contributed by atoms with van der Waals surface area (Å²) < 4.78 is 82.4. The van der Waals surface area contributed by atoms with E-state index in [1.165, 1.54) is 0 Å². The smallest absolute Gasteiger partial charge is 0.264 e. The lowest BCUT2D eigenvalue weighted by atomic mass is 9.83. The molecule has 1 aromatic carbocycles. The Morgan fingerprint density at radius 2 is 1.64 bits per heavy atom. The standard InChI is InChI=1S/C43H70O10S2/c1-11-28(3)21-40-32(7)37(25-55(47,48)36-17-13-33(12-2)14-18-36)41(52-40)24-38(44)31(6)29(4)22-35(53-54(10,45)46)15-19-39-30(5)23-34(51-39)16-20-42-49-26-43(8,9)27-50-42/h13-14,17-18,28-29,32,34-35,37-42,44H,5-6,11-12,15-16,19-27H2,1-4,7-10H3/t28-,29-,32-,34+,35-,37-,38-,39+,40-,41+/m1/s1. The van der Waals surface area contributed by atoms with Crippen LogP contribution in [0.2, 0.25) is 0 Å². The maximum atomic E-state index is 13.7. The van der Waals surface area contributed by atoms with Gasteiger partial charge in [0.25, 0.3) is 10.1 Å². The van der Waals surface area contributed by atoms with Crippen LogP contribution in [-0.4, -0.2) is 90.1 Å². The number of hydrogen-bond donors (Lipinski definition) is 1. The van der Waals surface area contributed by atoms with Gasteiger partial charge in [0.2, 0.25) is 0 Å². The van der Waals surface area contributed by atoms with Gasteiger partial charge in [-0.05, 0) is 91.5 Å². The molecule has 0 spiro atoms. The molecule has 12 heteroatoms. The van der Waals surface area contributed by atoms with Gasteiger partial charge in [0, 0.05) is 24.2 Å². The van der Waals surface area contributed by atoms with Crippen LogP contribution in [0.15, 0.2) is 53.5 Å².